The summed E-state index contributed by atoms with van der Waals surface area (Å²) >= 11 is 0. The Kier molecular flexibility index (Phi) is 17.7. The van der Waals surface area contributed by atoms with E-state index in [9.17, 15) is 0 Å². The largest absolute Gasteiger partial charge is 0.310 e. The van der Waals surface area contributed by atoms with E-state index in [4.69, 9.17) is 0 Å². The highest BCUT2D eigenvalue weighted by atomic mass is 15.2. The SMILES string of the molecule is Cc1cc(-c2ccc3c4c(ccc3c2)C2(c3ccccc3-c3ccccc32)c2cc(N(c3ccccc3)c3cc(C)c(C)c(C)c3)c3ccccc3c2-4)c(C)c(N(c2ccccc2)c2cc3c(c4ccccc24)-c2c(ccc4cc(-c5c(C)ccc(N(c6ccccc6)c6cc7c(c8ccccc68)-c6c(ccc8ccccc68)C76c7ccccc7-c7ccccc76)c5C)ccc24)C32c3ccccc3-c3ccccc32)c1. The van der Waals surface area contributed by atoms with Gasteiger partial charge in [-0.2, -0.15) is 0 Å². The van der Waals surface area contributed by atoms with Crippen molar-refractivity contribution in [1.82, 2.24) is 0 Å². The van der Waals surface area contributed by atoms with Crippen LogP contribution in [-0.2, 0) is 16.2 Å². The molecule has 6 aliphatic carbocycles. The fourth-order valence-corrected chi connectivity index (χ4v) is 28.2. The molecule has 3 heteroatoms. The number of anilines is 9. The zero-order valence-corrected chi connectivity index (χ0v) is 81.7. The highest BCUT2D eigenvalue weighted by Gasteiger charge is 2.57. The predicted molar refractivity (Wildman–Crippen MR) is 608 cm³/mol. The molecule has 0 saturated carbocycles. The molecule has 0 amide bonds. The molecule has 0 unspecified atom stereocenters. The van der Waals surface area contributed by atoms with Crippen LogP contribution in [0.3, 0.4) is 0 Å². The first kappa shape index (κ1) is 83.1. The van der Waals surface area contributed by atoms with Gasteiger partial charge in [0, 0.05) is 50.3 Å². The molecular formula is C142H97N3. The van der Waals surface area contributed by atoms with E-state index in [0.717, 1.165) is 51.2 Å². The molecule has 145 heavy (non-hydrogen) atoms. The van der Waals surface area contributed by atoms with E-state index in [0.29, 0.717) is 0 Å². The van der Waals surface area contributed by atoms with Gasteiger partial charge in [-0.05, 0) is 383 Å². The Morgan fingerprint density at radius 2 is 0.469 bits per heavy atom. The van der Waals surface area contributed by atoms with Crippen molar-refractivity contribution in [3.63, 3.8) is 0 Å². The Balaban J connectivity index is 0.590. The quantitative estimate of drug-likeness (QED) is 0.128. The summed E-state index contributed by atoms with van der Waals surface area (Å²) in [5, 5.41) is 14.6. The van der Waals surface area contributed by atoms with Crippen molar-refractivity contribution in [2.45, 2.75) is 64.7 Å². The zero-order valence-electron chi connectivity index (χ0n) is 81.7. The van der Waals surface area contributed by atoms with Gasteiger partial charge in [-0.3, -0.25) is 0 Å². The first-order chi connectivity index (χ1) is 71.4. The van der Waals surface area contributed by atoms with Crippen molar-refractivity contribution < 1.29 is 0 Å². The van der Waals surface area contributed by atoms with E-state index >= 15 is 0 Å². The molecule has 6 aliphatic rings. The van der Waals surface area contributed by atoms with Gasteiger partial charge < -0.3 is 14.7 Å². The topological polar surface area (TPSA) is 9.72 Å². The third-order valence-corrected chi connectivity index (χ3v) is 34.3. The molecular weight excluding hydrogens is 1750 g/mol. The van der Waals surface area contributed by atoms with Crippen LogP contribution in [0.25, 0.3) is 154 Å². The molecule has 0 radical (unpaired) electrons. The summed E-state index contributed by atoms with van der Waals surface area (Å²) < 4.78 is 0. The van der Waals surface area contributed by atoms with Crippen LogP contribution in [-0.4, -0.2) is 0 Å². The fourth-order valence-electron chi connectivity index (χ4n) is 28.2. The Morgan fingerprint density at radius 3 is 0.883 bits per heavy atom. The summed E-state index contributed by atoms with van der Waals surface area (Å²) in [4.78, 5) is 7.72. The molecule has 30 rings (SSSR count). The highest BCUT2D eigenvalue weighted by molar-refractivity contribution is 6.22. The molecule has 24 aromatic rings. The van der Waals surface area contributed by atoms with Crippen molar-refractivity contribution in [2.75, 3.05) is 14.7 Å². The fraction of sp³-hybridized carbons (Fsp3) is 0.0704. The van der Waals surface area contributed by atoms with E-state index in [1.165, 1.54) is 259 Å². The van der Waals surface area contributed by atoms with E-state index in [2.05, 4.69) is 524 Å². The number of hydrogen-bond donors (Lipinski definition) is 0. The maximum absolute atomic E-state index is 2.64. The number of nitrogens with zero attached hydrogens (tertiary/aromatic N) is 3. The minimum absolute atomic E-state index is 0.599. The molecule has 0 atom stereocenters. The summed E-state index contributed by atoms with van der Waals surface area (Å²) in [7, 11) is 0. The smallest absolute Gasteiger partial charge is 0.0726 e. The Hall–Kier alpha value is -17.8. The van der Waals surface area contributed by atoms with Gasteiger partial charge >= 0.3 is 0 Å². The summed E-state index contributed by atoms with van der Waals surface area (Å²) in [5.74, 6) is 0. The molecule has 0 N–H and O–H groups in total. The predicted octanol–water partition coefficient (Wildman–Crippen LogP) is 37.5. The van der Waals surface area contributed by atoms with Crippen molar-refractivity contribution >= 4 is 116 Å². The number of rotatable bonds is 11. The third kappa shape index (κ3) is 11.1. The lowest BCUT2D eigenvalue weighted by Crippen LogP contribution is -2.26. The molecule has 0 aliphatic heterocycles. The van der Waals surface area contributed by atoms with Gasteiger partial charge in [0.25, 0.3) is 0 Å². The van der Waals surface area contributed by atoms with Gasteiger partial charge in [0.2, 0.25) is 0 Å². The van der Waals surface area contributed by atoms with Crippen LogP contribution in [0.4, 0.5) is 51.2 Å². The maximum atomic E-state index is 2.64. The second-order valence-electron chi connectivity index (χ2n) is 41.2. The van der Waals surface area contributed by atoms with Crippen LogP contribution >= 0.6 is 0 Å². The lowest BCUT2D eigenvalue weighted by Gasteiger charge is -2.34. The van der Waals surface area contributed by atoms with Gasteiger partial charge in [-0.15, -0.1) is 0 Å². The van der Waals surface area contributed by atoms with Crippen LogP contribution in [0.5, 0.6) is 0 Å². The van der Waals surface area contributed by atoms with E-state index in [1.54, 1.807) is 0 Å². The molecule has 0 heterocycles. The van der Waals surface area contributed by atoms with Crippen LogP contribution in [0, 0.1) is 48.5 Å². The van der Waals surface area contributed by atoms with Crippen molar-refractivity contribution in [2.24, 2.45) is 0 Å². The van der Waals surface area contributed by atoms with E-state index < -0.39 is 16.2 Å². The van der Waals surface area contributed by atoms with Crippen LogP contribution < -0.4 is 14.7 Å². The van der Waals surface area contributed by atoms with Crippen LogP contribution in [0.2, 0.25) is 0 Å². The van der Waals surface area contributed by atoms with E-state index in [1.807, 2.05) is 0 Å². The van der Waals surface area contributed by atoms with Crippen LogP contribution in [0.15, 0.2) is 461 Å². The highest BCUT2D eigenvalue weighted by Crippen LogP contribution is 2.71. The monoisotopic (exact) mass is 1840 g/mol. The summed E-state index contributed by atoms with van der Waals surface area (Å²) in [5.41, 5.74) is 52.8. The Morgan fingerprint density at radius 1 is 0.152 bits per heavy atom. The summed E-state index contributed by atoms with van der Waals surface area (Å²) in [6, 6.07) is 178. The van der Waals surface area contributed by atoms with Gasteiger partial charge in [0.05, 0.1) is 33.3 Å². The summed E-state index contributed by atoms with van der Waals surface area (Å²) in [6.07, 6.45) is 0. The molecule has 24 aromatic carbocycles. The number of para-hydroxylation sites is 3. The lowest BCUT2D eigenvalue weighted by molar-refractivity contribution is 0.795. The summed E-state index contributed by atoms with van der Waals surface area (Å²) in [6.45, 7) is 16.1. The van der Waals surface area contributed by atoms with Gasteiger partial charge in [0.15, 0.2) is 0 Å². The van der Waals surface area contributed by atoms with Crippen molar-refractivity contribution in [3.8, 4) is 89.0 Å². The molecule has 0 saturated heterocycles. The normalized spacial score (nSPS) is 13.6. The standard InChI is InChI=1S/C142H97N3/c1-84-75-115(94-64-69-101-92(79-94)67-72-123-135(101)138-112-54-22-19-51-109(112)130(143(96-38-11-8-12-39-96)99-77-86(3)88(5)87(4)78-99)81-125(138)141(123)118-59-33-27-47-105(118)106-48-28-34-60-119(106)141)89(6)129(76-84)145(98-42-15-10-16-43-98)132-83-127-139(114-56-24-21-53-111(114)132)136-102-70-65-95(80-93(102)68-73-124(136)142(127)120-61-35-29-49-107(120)108-50-30-36-62-121(108)142)133-85(2)63-74-128(90(133)7)144(97-40-13-9-14-41-97)131-82-126-137(113-55-23-20-52-110(113)131)134-100-44-18-17-37-91(100)66-71-122(134)140(126)116-57-31-25-45-103(116)104-46-26-32-58-117(104)140/h8-83H,1-7H3. The molecule has 3 spiro atoms. The average Bonchev–Trinajstić information content (AvgIpc) is 1.52. The zero-order chi connectivity index (χ0) is 96.3. The Bertz CT molecular complexity index is 9660. The van der Waals surface area contributed by atoms with E-state index in [-0.39, 0.29) is 0 Å². The molecule has 0 fully saturated rings. The average molecular weight is 1850 g/mol. The van der Waals surface area contributed by atoms with Gasteiger partial charge in [-0.25, -0.2) is 0 Å². The number of hydrogen-bond acceptors (Lipinski definition) is 3. The molecule has 3 nitrogen and oxygen atoms in total. The minimum atomic E-state index is -0.712. The van der Waals surface area contributed by atoms with Crippen LogP contribution in [0.1, 0.15) is 106 Å². The second-order valence-corrected chi connectivity index (χ2v) is 41.2. The van der Waals surface area contributed by atoms with Gasteiger partial charge in [-0.1, -0.05) is 370 Å². The molecule has 0 bridgehead atoms. The number of aryl methyl sites for hydroxylation is 4. The number of fused-ring (bicyclic) bond motifs is 42. The lowest BCUT2D eigenvalue weighted by atomic mass is 9.70. The maximum Gasteiger partial charge on any atom is 0.0726 e. The first-order valence-electron chi connectivity index (χ1n) is 51.2. The van der Waals surface area contributed by atoms with Crippen molar-refractivity contribution in [3.05, 3.63) is 567 Å². The minimum Gasteiger partial charge on any atom is -0.310 e. The number of benzene rings is 24. The van der Waals surface area contributed by atoms with Gasteiger partial charge in [0.1, 0.15) is 0 Å². The first-order valence-corrected chi connectivity index (χ1v) is 51.2. The molecule has 680 valence electrons. The van der Waals surface area contributed by atoms with Crippen molar-refractivity contribution in [1.29, 1.82) is 0 Å². The third-order valence-electron chi connectivity index (χ3n) is 34.3. The Labute approximate surface area is 844 Å². The second kappa shape index (κ2) is 30.9. The molecule has 0 aromatic heterocycles.